The fraction of sp³-hybridized carbons (Fsp3) is 0.333. The van der Waals surface area contributed by atoms with Crippen molar-refractivity contribution in [3.05, 3.63) is 94.2 Å². The van der Waals surface area contributed by atoms with Crippen LogP contribution in [0.2, 0.25) is 0 Å². The summed E-state index contributed by atoms with van der Waals surface area (Å²) in [5.74, 6) is 0.118. The van der Waals surface area contributed by atoms with Crippen molar-refractivity contribution in [3.8, 4) is 0 Å². The molecule has 1 saturated heterocycles. The van der Waals surface area contributed by atoms with Crippen LogP contribution in [0.5, 0.6) is 0 Å². The predicted molar refractivity (Wildman–Crippen MR) is 135 cm³/mol. The van der Waals surface area contributed by atoms with Crippen LogP contribution in [0.1, 0.15) is 30.9 Å². The van der Waals surface area contributed by atoms with Gasteiger partial charge in [0.15, 0.2) is 0 Å². The van der Waals surface area contributed by atoms with Crippen molar-refractivity contribution in [1.29, 1.82) is 0 Å². The molecule has 2 heterocycles. The summed E-state index contributed by atoms with van der Waals surface area (Å²) in [7, 11) is 0. The molecule has 182 valence electrons. The Balaban J connectivity index is 1.59. The topological polar surface area (TPSA) is 97.6 Å². The van der Waals surface area contributed by atoms with E-state index in [4.69, 9.17) is 4.74 Å². The highest BCUT2D eigenvalue weighted by atomic mass is 16.6. The van der Waals surface area contributed by atoms with Crippen LogP contribution in [0, 0.1) is 22.0 Å². The number of hydrogen-bond acceptors (Lipinski definition) is 6. The van der Waals surface area contributed by atoms with Crippen LogP contribution in [-0.2, 0) is 22.6 Å². The molecule has 1 amide bonds. The Morgan fingerprint density at radius 1 is 1.09 bits per heavy atom. The van der Waals surface area contributed by atoms with Gasteiger partial charge in [0.1, 0.15) is 0 Å². The number of nitrogens with one attached hydrogen (secondary N) is 1. The van der Waals surface area contributed by atoms with Gasteiger partial charge in [-0.1, -0.05) is 67.6 Å². The second-order valence-corrected chi connectivity index (χ2v) is 8.88. The zero-order chi connectivity index (χ0) is 24.6. The molecule has 0 bridgehead atoms. The first-order valence-electron chi connectivity index (χ1n) is 11.9. The number of nitro groups is 1. The number of aromatic nitrogens is 1. The lowest BCUT2D eigenvalue weighted by atomic mass is 9.87. The molecule has 1 aromatic heterocycles. The van der Waals surface area contributed by atoms with E-state index < -0.39 is 4.92 Å². The summed E-state index contributed by atoms with van der Waals surface area (Å²) in [5.41, 5.74) is 2.21. The average Bonchev–Trinajstić information content (AvgIpc) is 2.89. The van der Waals surface area contributed by atoms with Gasteiger partial charge >= 0.3 is 5.69 Å². The molecule has 8 heteroatoms. The second-order valence-electron chi connectivity index (χ2n) is 8.88. The van der Waals surface area contributed by atoms with Crippen molar-refractivity contribution >= 4 is 23.1 Å². The van der Waals surface area contributed by atoms with E-state index in [0.717, 1.165) is 24.0 Å². The lowest BCUT2D eigenvalue weighted by molar-refractivity contribution is -0.384. The normalized spacial score (nSPS) is 14.8. The SMILES string of the molecule is C[C@@H](C(=O)Nc1cnc(N(Cc2ccccc2)Cc2ccccc2)c([N+](=O)[O-])c1)C1CCOCC1. The first kappa shape index (κ1) is 24.3. The Bertz CT molecular complexity index is 1090. The number of benzene rings is 2. The van der Waals surface area contributed by atoms with Crippen LogP contribution in [0.25, 0.3) is 0 Å². The average molecular weight is 475 g/mol. The summed E-state index contributed by atoms with van der Waals surface area (Å²) in [5, 5.41) is 14.9. The second kappa shape index (κ2) is 11.6. The maximum Gasteiger partial charge on any atom is 0.313 e. The van der Waals surface area contributed by atoms with E-state index in [2.05, 4.69) is 10.3 Å². The number of amides is 1. The Morgan fingerprint density at radius 2 is 1.66 bits per heavy atom. The summed E-state index contributed by atoms with van der Waals surface area (Å²) in [4.78, 5) is 30.8. The molecule has 1 fully saturated rings. The van der Waals surface area contributed by atoms with E-state index in [1.165, 1.54) is 12.3 Å². The van der Waals surface area contributed by atoms with Gasteiger partial charge in [-0.25, -0.2) is 4.98 Å². The molecular weight excluding hydrogens is 444 g/mol. The lowest BCUT2D eigenvalue weighted by Gasteiger charge is -2.27. The fourth-order valence-corrected chi connectivity index (χ4v) is 4.39. The van der Waals surface area contributed by atoms with Gasteiger partial charge in [0.25, 0.3) is 0 Å². The molecule has 1 aliphatic heterocycles. The molecule has 0 radical (unpaired) electrons. The number of ether oxygens (including phenoxy) is 1. The van der Waals surface area contributed by atoms with E-state index in [1.807, 2.05) is 72.5 Å². The molecule has 1 N–H and O–H groups in total. The Morgan fingerprint density at radius 3 is 2.20 bits per heavy atom. The van der Waals surface area contributed by atoms with Gasteiger partial charge in [0, 0.05) is 38.3 Å². The maximum atomic E-state index is 12.8. The Hall–Kier alpha value is -3.78. The van der Waals surface area contributed by atoms with Crippen LogP contribution < -0.4 is 10.2 Å². The quantitative estimate of drug-likeness (QED) is 0.338. The van der Waals surface area contributed by atoms with E-state index >= 15 is 0 Å². The van der Waals surface area contributed by atoms with E-state index in [-0.39, 0.29) is 29.2 Å². The molecule has 35 heavy (non-hydrogen) atoms. The number of hydrogen-bond donors (Lipinski definition) is 1. The van der Waals surface area contributed by atoms with Gasteiger partial charge in [0.2, 0.25) is 11.7 Å². The van der Waals surface area contributed by atoms with Gasteiger partial charge in [-0.05, 0) is 29.9 Å². The van der Waals surface area contributed by atoms with Gasteiger partial charge in [-0.15, -0.1) is 0 Å². The molecule has 0 aliphatic carbocycles. The van der Waals surface area contributed by atoms with Crippen molar-refractivity contribution in [1.82, 2.24) is 4.98 Å². The minimum atomic E-state index is -0.442. The zero-order valence-electron chi connectivity index (χ0n) is 19.8. The zero-order valence-corrected chi connectivity index (χ0v) is 19.8. The first-order valence-corrected chi connectivity index (χ1v) is 11.9. The highest BCUT2D eigenvalue weighted by Gasteiger charge is 2.28. The van der Waals surface area contributed by atoms with E-state index in [9.17, 15) is 14.9 Å². The smallest absolute Gasteiger partial charge is 0.313 e. The summed E-state index contributed by atoms with van der Waals surface area (Å²) in [6.45, 7) is 4.11. The number of nitrogens with zero attached hydrogens (tertiary/aromatic N) is 3. The Labute approximate surface area is 205 Å². The molecule has 2 aromatic carbocycles. The van der Waals surface area contributed by atoms with Gasteiger partial charge < -0.3 is 15.0 Å². The van der Waals surface area contributed by atoms with Gasteiger partial charge in [-0.2, -0.15) is 0 Å². The minimum Gasteiger partial charge on any atom is -0.381 e. The van der Waals surface area contributed by atoms with E-state index in [0.29, 0.717) is 32.0 Å². The summed E-state index contributed by atoms with van der Waals surface area (Å²) < 4.78 is 5.39. The lowest BCUT2D eigenvalue weighted by Crippen LogP contribution is -2.31. The van der Waals surface area contributed by atoms with Gasteiger partial charge in [0.05, 0.1) is 16.8 Å². The summed E-state index contributed by atoms with van der Waals surface area (Å²) in [6.07, 6.45) is 3.17. The Kier molecular flexibility index (Phi) is 8.05. The van der Waals surface area contributed by atoms with Crippen molar-refractivity contribution in [2.75, 3.05) is 23.4 Å². The molecule has 4 rings (SSSR count). The monoisotopic (exact) mass is 474 g/mol. The first-order chi connectivity index (χ1) is 17.0. The van der Waals surface area contributed by atoms with Crippen molar-refractivity contribution in [2.24, 2.45) is 11.8 Å². The molecule has 0 saturated carbocycles. The standard InChI is InChI=1S/C27H30N4O4/c1-20(23-12-14-35-15-13-23)27(32)29-24-16-25(31(33)34)26(28-17-24)30(18-21-8-4-2-5-9-21)19-22-10-6-3-7-11-22/h2-11,16-17,20,23H,12-15,18-19H2,1H3,(H,29,32)/t20-/m1/s1. The van der Waals surface area contributed by atoms with Crippen LogP contribution in [0.3, 0.4) is 0 Å². The third-order valence-corrected chi connectivity index (χ3v) is 6.43. The fourth-order valence-electron chi connectivity index (χ4n) is 4.39. The largest absolute Gasteiger partial charge is 0.381 e. The predicted octanol–water partition coefficient (Wildman–Crippen LogP) is 5.20. The number of pyridine rings is 1. The molecule has 0 unspecified atom stereocenters. The van der Waals surface area contributed by atoms with Crippen molar-refractivity contribution in [3.63, 3.8) is 0 Å². The molecule has 3 aromatic rings. The summed E-state index contributed by atoms with van der Waals surface area (Å²) >= 11 is 0. The molecule has 1 atom stereocenters. The molecule has 8 nitrogen and oxygen atoms in total. The molecular formula is C27H30N4O4. The van der Waals surface area contributed by atoms with Gasteiger partial charge in [-0.3, -0.25) is 14.9 Å². The van der Waals surface area contributed by atoms with Crippen molar-refractivity contribution < 1.29 is 14.5 Å². The third kappa shape index (κ3) is 6.42. The van der Waals surface area contributed by atoms with Crippen molar-refractivity contribution in [2.45, 2.75) is 32.9 Å². The van der Waals surface area contributed by atoms with Crippen LogP contribution in [0.15, 0.2) is 72.9 Å². The van der Waals surface area contributed by atoms with Crippen LogP contribution >= 0.6 is 0 Å². The number of carbonyl (C=O) groups is 1. The minimum absolute atomic E-state index is 0.145. The maximum absolute atomic E-state index is 12.8. The number of carbonyl (C=O) groups excluding carboxylic acids is 1. The highest BCUT2D eigenvalue weighted by molar-refractivity contribution is 5.93. The highest BCUT2D eigenvalue weighted by Crippen LogP contribution is 2.32. The molecule has 1 aliphatic rings. The van der Waals surface area contributed by atoms with Crippen LogP contribution in [-0.4, -0.2) is 29.0 Å². The van der Waals surface area contributed by atoms with E-state index in [1.54, 1.807) is 0 Å². The molecule has 0 spiro atoms. The summed E-state index contributed by atoms with van der Waals surface area (Å²) in [6, 6.07) is 21.0. The third-order valence-electron chi connectivity index (χ3n) is 6.43. The van der Waals surface area contributed by atoms with Crippen LogP contribution in [0.4, 0.5) is 17.2 Å². The number of rotatable bonds is 9. The number of anilines is 2.